The van der Waals surface area contributed by atoms with E-state index in [1.807, 2.05) is 54.6 Å². The normalized spacial score (nSPS) is 10.6. The lowest BCUT2D eigenvalue weighted by Crippen LogP contribution is -2.35. The molecule has 0 bridgehead atoms. The largest absolute Gasteiger partial charge is 0.344 e. The van der Waals surface area contributed by atoms with Crippen molar-refractivity contribution >= 4 is 28.4 Å². The lowest BCUT2D eigenvalue weighted by atomic mass is 10.1. The highest BCUT2D eigenvalue weighted by molar-refractivity contribution is 6.39. The standard InChI is InChI=1S/C23H25N3O2/c1-2-3-4-7-17-11-13-20(14-12-17)26-23(28)22(27)25-16-19-9-5-8-18-10-6-15-24-21(18)19/h5-6,8-15H,2-4,7,16H2,1H3,(H,25,27)(H,26,28). The molecule has 3 aromatic rings. The van der Waals surface area contributed by atoms with Gasteiger partial charge in [0.15, 0.2) is 0 Å². The minimum Gasteiger partial charge on any atom is -0.344 e. The van der Waals surface area contributed by atoms with Crippen LogP contribution in [0.4, 0.5) is 5.69 Å². The van der Waals surface area contributed by atoms with E-state index in [0.29, 0.717) is 5.69 Å². The van der Waals surface area contributed by atoms with Crippen LogP contribution in [-0.2, 0) is 22.6 Å². The molecule has 28 heavy (non-hydrogen) atoms. The Morgan fingerprint density at radius 1 is 0.929 bits per heavy atom. The molecule has 2 aromatic carbocycles. The number of aryl methyl sites for hydroxylation is 1. The molecule has 2 amide bonds. The molecule has 144 valence electrons. The van der Waals surface area contributed by atoms with Crippen LogP contribution in [0.3, 0.4) is 0 Å². The van der Waals surface area contributed by atoms with Crippen molar-refractivity contribution in [3.05, 3.63) is 71.9 Å². The summed E-state index contributed by atoms with van der Waals surface area (Å²) in [6, 6.07) is 17.3. The van der Waals surface area contributed by atoms with Gasteiger partial charge in [-0.3, -0.25) is 14.6 Å². The van der Waals surface area contributed by atoms with E-state index in [2.05, 4.69) is 22.5 Å². The van der Waals surface area contributed by atoms with Crippen LogP contribution >= 0.6 is 0 Å². The average molecular weight is 375 g/mol. The van der Waals surface area contributed by atoms with Crippen molar-refractivity contribution in [1.29, 1.82) is 0 Å². The Morgan fingerprint density at radius 3 is 2.50 bits per heavy atom. The molecule has 0 radical (unpaired) electrons. The second kappa shape index (κ2) is 9.65. The zero-order valence-corrected chi connectivity index (χ0v) is 16.1. The third kappa shape index (κ3) is 5.16. The van der Waals surface area contributed by atoms with Gasteiger partial charge in [0, 0.05) is 23.8 Å². The SMILES string of the molecule is CCCCCc1ccc(NC(=O)C(=O)NCc2cccc3cccnc23)cc1. The van der Waals surface area contributed by atoms with Gasteiger partial charge >= 0.3 is 11.8 Å². The van der Waals surface area contributed by atoms with E-state index in [-0.39, 0.29) is 6.54 Å². The minimum atomic E-state index is -0.674. The number of anilines is 1. The number of carbonyl (C=O) groups is 2. The molecule has 5 nitrogen and oxygen atoms in total. The van der Waals surface area contributed by atoms with E-state index >= 15 is 0 Å². The summed E-state index contributed by atoms with van der Waals surface area (Å²) >= 11 is 0. The van der Waals surface area contributed by atoms with Crippen molar-refractivity contribution < 1.29 is 9.59 Å². The van der Waals surface area contributed by atoms with Gasteiger partial charge in [0.05, 0.1) is 5.52 Å². The van der Waals surface area contributed by atoms with Crippen molar-refractivity contribution in [1.82, 2.24) is 10.3 Å². The lowest BCUT2D eigenvalue weighted by molar-refractivity contribution is -0.136. The number of carbonyl (C=O) groups excluding carboxylic acids is 2. The van der Waals surface area contributed by atoms with Gasteiger partial charge in [0.25, 0.3) is 0 Å². The van der Waals surface area contributed by atoms with E-state index in [4.69, 9.17) is 0 Å². The predicted octanol–water partition coefficient (Wildman–Crippen LogP) is 4.22. The first-order valence-corrected chi connectivity index (χ1v) is 9.68. The lowest BCUT2D eigenvalue weighted by Gasteiger charge is -2.09. The Balaban J connectivity index is 1.54. The molecular formula is C23H25N3O2. The Kier molecular flexibility index (Phi) is 6.73. The molecule has 2 N–H and O–H groups in total. The molecule has 0 aliphatic rings. The molecule has 0 unspecified atom stereocenters. The number of unbranched alkanes of at least 4 members (excludes halogenated alkanes) is 2. The molecule has 0 spiro atoms. The van der Waals surface area contributed by atoms with E-state index in [1.54, 1.807) is 6.20 Å². The first-order valence-electron chi connectivity index (χ1n) is 9.68. The first kappa shape index (κ1) is 19.5. The van der Waals surface area contributed by atoms with Crippen molar-refractivity contribution in [3.63, 3.8) is 0 Å². The summed E-state index contributed by atoms with van der Waals surface area (Å²) in [5, 5.41) is 6.31. The first-order chi connectivity index (χ1) is 13.7. The number of nitrogens with one attached hydrogen (secondary N) is 2. The summed E-state index contributed by atoms with van der Waals surface area (Å²) in [5.41, 5.74) is 3.55. The maximum atomic E-state index is 12.2. The fourth-order valence-electron chi connectivity index (χ4n) is 3.09. The van der Waals surface area contributed by atoms with Crippen LogP contribution in [0.25, 0.3) is 10.9 Å². The molecular weight excluding hydrogens is 350 g/mol. The number of rotatable bonds is 7. The molecule has 0 saturated heterocycles. The van der Waals surface area contributed by atoms with Crippen LogP contribution in [0.2, 0.25) is 0 Å². The monoisotopic (exact) mass is 375 g/mol. The number of fused-ring (bicyclic) bond motifs is 1. The van der Waals surface area contributed by atoms with E-state index in [1.165, 1.54) is 18.4 Å². The Hall–Kier alpha value is -3.21. The van der Waals surface area contributed by atoms with Gasteiger partial charge in [-0.15, -0.1) is 0 Å². The van der Waals surface area contributed by atoms with Crippen LogP contribution < -0.4 is 10.6 Å². The summed E-state index contributed by atoms with van der Waals surface area (Å²) in [7, 11) is 0. The molecule has 0 aliphatic carbocycles. The van der Waals surface area contributed by atoms with Gasteiger partial charge < -0.3 is 10.6 Å². The Morgan fingerprint density at radius 2 is 1.71 bits per heavy atom. The number of para-hydroxylation sites is 1. The molecule has 0 atom stereocenters. The Bertz CT molecular complexity index is 946. The van der Waals surface area contributed by atoms with E-state index in [9.17, 15) is 9.59 Å². The van der Waals surface area contributed by atoms with Gasteiger partial charge in [-0.1, -0.05) is 56.2 Å². The van der Waals surface area contributed by atoms with Crippen LogP contribution in [0, 0.1) is 0 Å². The summed E-state index contributed by atoms with van der Waals surface area (Å²) in [5.74, 6) is -1.34. The third-order valence-electron chi connectivity index (χ3n) is 4.64. The minimum absolute atomic E-state index is 0.247. The van der Waals surface area contributed by atoms with Crippen LogP contribution in [0.15, 0.2) is 60.8 Å². The highest BCUT2D eigenvalue weighted by atomic mass is 16.2. The van der Waals surface area contributed by atoms with Gasteiger partial charge in [-0.25, -0.2) is 0 Å². The molecule has 1 heterocycles. The van der Waals surface area contributed by atoms with Gasteiger partial charge in [-0.05, 0) is 42.2 Å². The number of hydrogen-bond acceptors (Lipinski definition) is 3. The summed E-state index contributed by atoms with van der Waals surface area (Å²) < 4.78 is 0. The number of amides is 2. The molecule has 1 aromatic heterocycles. The zero-order valence-electron chi connectivity index (χ0n) is 16.1. The van der Waals surface area contributed by atoms with E-state index in [0.717, 1.165) is 29.3 Å². The summed E-state index contributed by atoms with van der Waals surface area (Å²) in [4.78, 5) is 28.7. The molecule has 3 rings (SSSR count). The quantitative estimate of drug-likeness (QED) is 0.480. The second-order valence-corrected chi connectivity index (χ2v) is 6.78. The topological polar surface area (TPSA) is 71.1 Å². The van der Waals surface area contributed by atoms with Crippen LogP contribution in [-0.4, -0.2) is 16.8 Å². The number of nitrogens with zero attached hydrogens (tertiary/aromatic N) is 1. The predicted molar refractivity (Wildman–Crippen MR) is 112 cm³/mol. The van der Waals surface area contributed by atoms with Crippen molar-refractivity contribution in [2.75, 3.05) is 5.32 Å². The van der Waals surface area contributed by atoms with Gasteiger partial charge in [0.2, 0.25) is 0 Å². The number of hydrogen-bond donors (Lipinski definition) is 2. The van der Waals surface area contributed by atoms with Crippen LogP contribution in [0.1, 0.15) is 37.3 Å². The van der Waals surface area contributed by atoms with Crippen LogP contribution in [0.5, 0.6) is 0 Å². The third-order valence-corrected chi connectivity index (χ3v) is 4.64. The fraction of sp³-hybridized carbons (Fsp3) is 0.261. The maximum Gasteiger partial charge on any atom is 0.313 e. The second-order valence-electron chi connectivity index (χ2n) is 6.78. The highest BCUT2D eigenvalue weighted by Crippen LogP contribution is 2.16. The number of pyridine rings is 1. The Labute approximate surface area is 165 Å². The number of aromatic nitrogens is 1. The van der Waals surface area contributed by atoms with Crippen molar-refractivity contribution in [3.8, 4) is 0 Å². The molecule has 0 fully saturated rings. The smallest absolute Gasteiger partial charge is 0.313 e. The van der Waals surface area contributed by atoms with Gasteiger partial charge in [0.1, 0.15) is 0 Å². The van der Waals surface area contributed by atoms with Crippen molar-refractivity contribution in [2.24, 2.45) is 0 Å². The molecule has 0 saturated carbocycles. The molecule has 0 aliphatic heterocycles. The summed E-state index contributed by atoms with van der Waals surface area (Å²) in [6.45, 7) is 2.43. The number of benzene rings is 2. The summed E-state index contributed by atoms with van der Waals surface area (Å²) in [6.07, 6.45) is 6.31. The maximum absolute atomic E-state index is 12.2. The van der Waals surface area contributed by atoms with Gasteiger partial charge in [-0.2, -0.15) is 0 Å². The van der Waals surface area contributed by atoms with E-state index < -0.39 is 11.8 Å². The fourth-order valence-corrected chi connectivity index (χ4v) is 3.09. The highest BCUT2D eigenvalue weighted by Gasteiger charge is 2.14. The molecule has 5 heteroatoms. The average Bonchev–Trinajstić information content (AvgIpc) is 2.73. The zero-order chi connectivity index (χ0) is 19.8. The van der Waals surface area contributed by atoms with Crippen molar-refractivity contribution in [2.45, 2.75) is 39.2 Å².